The summed E-state index contributed by atoms with van der Waals surface area (Å²) in [6, 6.07) is 11.1. The lowest BCUT2D eigenvalue weighted by Gasteiger charge is -2.43. The zero-order valence-electron chi connectivity index (χ0n) is 16.7. The average Bonchev–Trinajstić information content (AvgIpc) is 2.60. The Hall–Kier alpha value is -2.73. The van der Waals surface area contributed by atoms with Crippen LogP contribution in [0, 0.1) is 12.3 Å². The van der Waals surface area contributed by atoms with Crippen LogP contribution in [0.5, 0.6) is 11.5 Å². The SMILES string of the molecule is C#Cc1cc(C(=O)Oc2ccc(CC)cc2)cc2c1OC(C)(C)CC2(C)C. The monoisotopic (exact) mass is 362 g/mol. The number of aryl methyl sites for hydroxylation is 1. The quantitative estimate of drug-likeness (QED) is 0.423. The molecular weight excluding hydrogens is 336 g/mol. The molecule has 0 spiro atoms. The predicted octanol–water partition coefficient (Wildman–Crippen LogP) is 5.29. The van der Waals surface area contributed by atoms with Crippen molar-refractivity contribution in [2.45, 2.75) is 58.5 Å². The van der Waals surface area contributed by atoms with Crippen molar-refractivity contribution >= 4 is 5.97 Å². The van der Waals surface area contributed by atoms with E-state index in [4.69, 9.17) is 15.9 Å². The van der Waals surface area contributed by atoms with E-state index in [1.54, 1.807) is 6.07 Å². The maximum Gasteiger partial charge on any atom is 0.343 e. The van der Waals surface area contributed by atoms with E-state index in [0.29, 0.717) is 22.6 Å². The molecule has 0 atom stereocenters. The summed E-state index contributed by atoms with van der Waals surface area (Å²) in [5.74, 6) is 3.47. The van der Waals surface area contributed by atoms with Gasteiger partial charge in [-0.05, 0) is 61.9 Å². The molecule has 0 bridgehead atoms. The Morgan fingerprint density at radius 1 is 1.19 bits per heavy atom. The Bertz CT molecular complexity index is 912. The summed E-state index contributed by atoms with van der Waals surface area (Å²) in [5, 5.41) is 0. The Morgan fingerprint density at radius 2 is 1.85 bits per heavy atom. The van der Waals surface area contributed by atoms with Crippen LogP contribution in [-0.2, 0) is 11.8 Å². The van der Waals surface area contributed by atoms with Gasteiger partial charge in [-0.25, -0.2) is 4.79 Å². The van der Waals surface area contributed by atoms with Gasteiger partial charge in [0.05, 0.1) is 11.1 Å². The second-order valence-corrected chi connectivity index (χ2v) is 8.35. The third kappa shape index (κ3) is 3.85. The van der Waals surface area contributed by atoms with Gasteiger partial charge in [0.1, 0.15) is 17.1 Å². The molecule has 0 N–H and O–H groups in total. The zero-order valence-corrected chi connectivity index (χ0v) is 16.7. The van der Waals surface area contributed by atoms with Gasteiger partial charge in [0.15, 0.2) is 0 Å². The fourth-order valence-electron chi connectivity index (χ4n) is 3.90. The molecule has 1 aliphatic rings. The summed E-state index contributed by atoms with van der Waals surface area (Å²) >= 11 is 0. The topological polar surface area (TPSA) is 35.5 Å². The van der Waals surface area contributed by atoms with E-state index >= 15 is 0 Å². The van der Waals surface area contributed by atoms with Crippen molar-refractivity contribution in [2.24, 2.45) is 0 Å². The highest BCUT2D eigenvalue weighted by molar-refractivity contribution is 5.92. The van der Waals surface area contributed by atoms with Crippen LogP contribution in [0.1, 0.15) is 68.1 Å². The first-order chi connectivity index (χ1) is 12.6. The molecular formula is C24H26O3. The van der Waals surface area contributed by atoms with E-state index in [-0.39, 0.29) is 11.0 Å². The molecule has 0 saturated heterocycles. The first-order valence-corrected chi connectivity index (χ1v) is 9.30. The van der Waals surface area contributed by atoms with E-state index in [0.717, 1.165) is 18.4 Å². The smallest absolute Gasteiger partial charge is 0.343 e. The molecule has 0 unspecified atom stereocenters. The molecule has 3 heteroatoms. The van der Waals surface area contributed by atoms with Crippen molar-refractivity contribution < 1.29 is 14.3 Å². The largest absolute Gasteiger partial charge is 0.486 e. The Labute approximate surface area is 161 Å². The van der Waals surface area contributed by atoms with E-state index in [2.05, 4.69) is 40.5 Å². The molecule has 0 saturated carbocycles. The number of fused-ring (bicyclic) bond motifs is 1. The van der Waals surface area contributed by atoms with Gasteiger partial charge in [0, 0.05) is 5.56 Å². The second-order valence-electron chi connectivity index (χ2n) is 8.35. The zero-order chi connectivity index (χ0) is 19.8. The fourth-order valence-corrected chi connectivity index (χ4v) is 3.90. The summed E-state index contributed by atoms with van der Waals surface area (Å²) in [6.45, 7) is 10.5. The third-order valence-corrected chi connectivity index (χ3v) is 5.00. The maximum atomic E-state index is 12.7. The number of hydrogen-bond donors (Lipinski definition) is 0. The molecule has 27 heavy (non-hydrogen) atoms. The average molecular weight is 362 g/mol. The highest BCUT2D eigenvalue weighted by atomic mass is 16.5. The normalized spacial score (nSPS) is 16.6. The summed E-state index contributed by atoms with van der Waals surface area (Å²) < 4.78 is 11.7. The van der Waals surface area contributed by atoms with Crippen molar-refractivity contribution in [3.63, 3.8) is 0 Å². The first kappa shape index (κ1) is 19.0. The molecule has 1 aliphatic heterocycles. The van der Waals surface area contributed by atoms with E-state index in [1.807, 2.05) is 30.3 Å². The molecule has 0 radical (unpaired) electrons. The Morgan fingerprint density at radius 3 is 2.44 bits per heavy atom. The minimum Gasteiger partial charge on any atom is -0.486 e. The predicted molar refractivity (Wildman–Crippen MR) is 108 cm³/mol. The highest BCUT2D eigenvalue weighted by Crippen LogP contribution is 2.46. The van der Waals surface area contributed by atoms with Gasteiger partial charge < -0.3 is 9.47 Å². The van der Waals surface area contributed by atoms with Crippen molar-refractivity contribution in [1.29, 1.82) is 0 Å². The fraction of sp³-hybridized carbons (Fsp3) is 0.375. The number of ether oxygens (including phenoxy) is 2. The molecule has 0 aromatic heterocycles. The van der Waals surface area contributed by atoms with Crippen molar-refractivity contribution in [2.75, 3.05) is 0 Å². The second kappa shape index (κ2) is 6.78. The van der Waals surface area contributed by atoms with Gasteiger partial charge in [-0.1, -0.05) is 38.8 Å². The molecule has 0 amide bonds. The van der Waals surface area contributed by atoms with Gasteiger partial charge in [-0.2, -0.15) is 0 Å². The van der Waals surface area contributed by atoms with E-state index < -0.39 is 5.97 Å². The minimum atomic E-state index is -0.417. The van der Waals surface area contributed by atoms with Crippen molar-refractivity contribution in [3.8, 4) is 23.8 Å². The van der Waals surface area contributed by atoms with Crippen LogP contribution in [0.3, 0.4) is 0 Å². The molecule has 3 rings (SSSR count). The van der Waals surface area contributed by atoms with Gasteiger partial charge in [0.25, 0.3) is 0 Å². The standard InChI is InChI=1S/C24H26O3/c1-7-16-9-11-19(12-10-16)26-22(25)18-13-17(8-2)21-20(14-18)23(3,4)15-24(5,6)27-21/h2,9-14H,7,15H2,1,3-6H3. The van der Waals surface area contributed by atoms with Crippen molar-refractivity contribution in [3.05, 3.63) is 58.7 Å². The van der Waals surface area contributed by atoms with Crippen LogP contribution in [0.25, 0.3) is 0 Å². The third-order valence-electron chi connectivity index (χ3n) is 5.00. The molecule has 3 nitrogen and oxygen atoms in total. The van der Waals surface area contributed by atoms with E-state index in [9.17, 15) is 4.79 Å². The van der Waals surface area contributed by atoms with Crippen LogP contribution in [0.15, 0.2) is 36.4 Å². The molecule has 2 aromatic rings. The van der Waals surface area contributed by atoms with Crippen LogP contribution in [0.4, 0.5) is 0 Å². The number of terminal acetylenes is 1. The van der Waals surface area contributed by atoms with Gasteiger partial charge in [-0.15, -0.1) is 6.42 Å². The number of hydrogen-bond acceptors (Lipinski definition) is 3. The minimum absolute atomic E-state index is 0.165. The van der Waals surface area contributed by atoms with Gasteiger partial charge in [0.2, 0.25) is 0 Å². The number of esters is 1. The van der Waals surface area contributed by atoms with Crippen LogP contribution in [-0.4, -0.2) is 11.6 Å². The summed E-state index contributed by atoms with van der Waals surface area (Å²) in [7, 11) is 0. The Kier molecular flexibility index (Phi) is 4.78. The van der Waals surface area contributed by atoms with Crippen LogP contribution < -0.4 is 9.47 Å². The number of rotatable bonds is 3. The molecule has 0 aliphatic carbocycles. The molecule has 2 aromatic carbocycles. The lowest BCUT2D eigenvalue weighted by Crippen LogP contribution is -2.41. The first-order valence-electron chi connectivity index (χ1n) is 9.30. The molecule has 140 valence electrons. The number of benzene rings is 2. The van der Waals surface area contributed by atoms with Gasteiger partial charge >= 0.3 is 5.97 Å². The van der Waals surface area contributed by atoms with Crippen molar-refractivity contribution in [1.82, 2.24) is 0 Å². The lowest BCUT2D eigenvalue weighted by atomic mass is 9.72. The molecule has 1 heterocycles. The van der Waals surface area contributed by atoms with Gasteiger partial charge in [-0.3, -0.25) is 0 Å². The summed E-state index contributed by atoms with van der Waals surface area (Å²) in [6.07, 6.45) is 7.49. The molecule has 0 fully saturated rings. The van der Waals surface area contributed by atoms with Crippen LogP contribution >= 0.6 is 0 Å². The number of carbonyl (C=O) groups is 1. The number of carbonyl (C=O) groups excluding carboxylic acids is 1. The van der Waals surface area contributed by atoms with Crippen LogP contribution in [0.2, 0.25) is 0 Å². The summed E-state index contributed by atoms with van der Waals surface area (Å²) in [4.78, 5) is 12.7. The van der Waals surface area contributed by atoms with E-state index in [1.165, 1.54) is 5.56 Å². The highest BCUT2D eigenvalue weighted by Gasteiger charge is 2.40. The Balaban J connectivity index is 1.97. The summed E-state index contributed by atoms with van der Waals surface area (Å²) in [5.41, 5.74) is 2.69. The maximum absolute atomic E-state index is 12.7. The lowest BCUT2D eigenvalue weighted by molar-refractivity contribution is 0.0529.